The summed E-state index contributed by atoms with van der Waals surface area (Å²) >= 11 is 10.5. The van der Waals surface area contributed by atoms with Crippen molar-refractivity contribution >= 4 is 56.8 Å². The van der Waals surface area contributed by atoms with Crippen LogP contribution in [0.3, 0.4) is 0 Å². The van der Waals surface area contributed by atoms with Crippen LogP contribution in [0, 0.1) is 18.3 Å². The number of hydrogen-bond donors (Lipinski definition) is 2. The number of thioether (sulfide) groups is 1. The lowest BCUT2D eigenvalue weighted by atomic mass is 9.87. The zero-order chi connectivity index (χ0) is 21.0. The van der Waals surface area contributed by atoms with Crippen LogP contribution in [0.25, 0.3) is 0 Å². The van der Waals surface area contributed by atoms with Crippen molar-refractivity contribution in [2.75, 3.05) is 11.1 Å². The van der Waals surface area contributed by atoms with Crippen molar-refractivity contribution in [2.24, 2.45) is 0 Å². The molecule has 2 aromatic carbocycles. The number of rotatable bonds is 5. The van der Waals surface area contributed by atoms with Gasteiger partial charge in [0.15, 0.2) is 0 Å². The number of carbonyl (C=O) groups excluding carboxylic acids is 2. The van der Waals surface area contributed by atoms with Crippen molar-refractivity contribution in [3.05, 3.63) is 73.7 Å². The number of hydrogen-bond acceptors (Lipinski definition) is 4. The zero-order valence-corrected chi connectivity index (χ0v) is 18.6. The fourth-order valence-electron chi connectivity index (χ4n) is 3.00. The first-order valence-electron chi connectivity index (χ1n) is 8.75. The third kappa shape index (κ3) is 5.41. The van der Waals surface area contributed by atoms with E-state index in [1.807, 2.05) is 37.3 Å². The van der Waals surface area contributed by atoms with E-state index in [-0.39, 0.29) is 29.9 Å². The maximum Gasteiger partial charge on any atom is 0.234 e. The van der Waals surface area contributed by atoms with Crippen molar-refractivity contribution in [3.63, 3.8) is 0 Å². The normalized spacial score (nSPS) is 16.2. The number of carbonyl (C=O) groups is 2. The lowest BCUT2D eigenvalue weighted by molar-refractivity contribution is -0.121. The smallest absolute Gasteiger partial charge is 0.234 e. The number of allylic oxidation sites excluding steroid dienone is 1. The summed E-state index contributed by atoms with van der Waals surface area (Å²) in [5.74, 6) is -0.683. The SMILES string of the molecule is Cc1cc(Br)ccc1NC(=O)CSC1=C(C#N)[C@@H](c2ccc(Cl)cc2)CC(=O)N1. The molecule has 29 heavy (non-hydrogen) atoms. The van der Waals surface area contributed by atoms with Gasteiger partial charge in [0.25, 0.3) is 0 Å². The van der Waals surface area contributed by atoms with Crippen LogP contribution >= 0.6 is 39.3 Å². The van der Waals surface area contributed by atoms with Crippen LogP contribution in [0.1, 0.15) is 23.5 Å². The second-order valence-electron chi connectivity index (χ2n) is 6.51. The van der Waals surface area contributed by atoms with Gasteiger partial charge in [-0.1, -0.05) is 51.4 Å². The molecule has 2 amide bonds. The van der Waals surface area contributed by atoms with Crippen molar-refractivity contribution in [1.29, 1.82) is 5.26 Å². The highest BCUT2D eigenvalue weighted by Gasteiger charge is 2.29. The van der Waals surface area contributed by atoms with Gasteiger partial charge in [-0.05, 0) is 48.4 Å². The van der Waals surface area contributed by atoms with E-state index in [0.717, 1.165) is 33.0 Å². The van der Waals surface area contributed by atoms with Crippen molar-refractivity contribution in [2.45, 2.75) is 19.3 Å². The minimum absolute atomic E-state index is 0.0731. The number of nitriles is 1. The van der Waals surface area contributed by atoms with Gasteiger partial charge in [-0.2, -0.15) is 5.26 Å². The Morgan fingerprint density at radius 3 is 2.72 bits per heavy atom. The topological polar surface area (TPSA) is 82.0 Å². The molecule has 3 rings (SSSR count). The number of anilines is 1. The molecule has 0 saturated heterocycles. The van der Waals surface area contributed by atoms with Gasteiger partial charge < -0.3 is 10.6 Å². The maximum absolute atomic E-state index is 12.4. The summed E-state index contributed by atoms with van der Waals surface area (Å²) in [5.41, 5.74) is 2.95. The standard InChI is InChI=1S/C21H17BrClN3O2S/c1-12-8-14(22)4-7-18(12)25-20(28)11-29-21-17(10-24)16(9-19(27)26-21)13-2-5-15(23)6-3-13/h2-8,16H,9,11H2,1H3,(H,25,28)(H,26,27)/t16-/m1/s1. The highest BCUT2D eigenvalue weighted by Crippen LogP contribution is 2.36. The molecular weight excluding hydrogens is 474 g/mol. The Hall–Kier alpha value is -2.27. The molecule has 0 aliphatic carbocycles. The molecule has 1 atom stereocenters. The minimum atomic E-state index is -0.356. The monoisotopic (exact) mass is 489 g/mol. The van der Waals surface area contributed by atoms with E-state index in [9.17, 15) is 14.9 Å². The van der Waals surface area contributed by atoms with Crippen molar-refractivity contribution in [3.8, 4) is 6.07 Å². The van der Waals surface area contributed by atoms with Crippen LogP contribution in [0.15, 0.2) is 57.5 Å². The van der Waals surface area contributed by atoms with Crippen molar-refractivity contribution in [1.82, 2.24) is 5.32 Å². The van der Waals surface area contributed by atoms with Crippen LogP contribution < -0.4 is 10.6 Å². The fourth-order valence-corrected chi connectivity index (χ4v) is 4.48. The molecule has 1 aliphatic rings. The van der Waals surface area contributed by atoms with Crippen LogP contribution in [-0.2, 0) is 9.59 Å². The van der Waals surface area contributed by atoms with E-state index in [1.165, 1.54) is 0 Å². The summed E-state index contributed by atoms with van der Waals surface area (Å²) < 4.78 is 0.935. The summed E-state index contributed by atoms with van der Waals surface area (Å²) in [5, 5.41) is 16.3. The number of benzene rings is 2. The Labute approximate surface area is 186 Å². The Morgan fingerprint density at radius 1 is 1.34 bits per heavy atom. The second kappa shape index (κ2) is 9.49. The third-order valence-corrected chi connectivity index (χ3v) is 6.20. The molecule has 5 nitrogen and oxygen atoms in total. The average Bonchev–Trinajstić information content (AvgIpc) is 2.68. The molecule has 0 fully saturated rings. The molecule has 0 spiro atoms. The van der Waals surface area contributed by atoms with Crippen LogP contribution in [0.5, 0.6) is 0 Å². The van der Waals surface area contributed by atoms with Gasteiger partial charge in [0, 0.05) is 27.5 Å². The molecule has 8 heteroatoms. The predicted octanol–water partition coefficient (Wildman–Crippen LogP) is 5.12. The molecule has 0 saturated carbocycles. The first-order chi connectivity index (χ1) is 13.9. The molecule has 1 heterocycles. The van der Waals surface area contributed by atoms with E-state index >= 15 is 0 Å². The quantitative estimate of drug-likeness (QED) is 0.609. The molecule has 0 radical (unpaired) electrons. The van der Waals surface area contributed by atoms with E-state index < -0.39 is 0 Å². The summed E-state index contributed by atoms with van der Waals surface area (Å²) in [6.45, 7) is 1.90. The number of nitrogens with zero attached hydrogens (tertiary/aromatic N) is 1. The summed E-state index contributed by atoms with van der Waals surface area (Å²) in [4.78, 5) is 24.6. The molecule has 2 aromatic rings. The van der Waals surface area contributed by atoms with Gasteiger partial charge in [-0.3, -0.25) is 9.59 Å². The van der Waals surface area contributed by atoms with Gasteiger partial charge >= 0.3 is 0 Å². The lowest BCUT2D eigenvalue weighted by Crippen LogP contribution is -2.31. The molecule has 0 unspecified atom stereocenters. The third-order valence-electron chi connectivity index (χ3n) is 4.44. The minimum Gasteiger partial charge on any atom is -0.325 e. The highest BCUT2D eigenvalue weighted by atomic mass is 79.9. The van der Waals surface area contributed by atoms with Crippen LogP contribution in [0.2, 0.25) is 5.02 Å². The van der Waals surface area contributed by atoms with E-state index in [4.69, 9.17) is 11.6 Å². The maximum atomic E-state index is 12.4. The zero-order valence-electron chi connectivity index (χ0n) is 15.5. The number of aryl methyl sites for hydroxylation is 1. The summed E-state index contributed by atoms with van der Waals surface area (Å²) in [6.07, 6.45) is 0.179. The van der Waals surface area contributed by atoms with E-state index in [1.54, 1.807) is 12.1 Å². The fraction of sp³-hybridized carbons (Fsp3) is 0.190. The lowest BCUT2D eigenvalue weighted by Gasteiger charge is -2.25. The largest absolute Gasteiger partial charge is 0.325 e. The van der Waals surface area contributed by atoms with E-state index in [0.29, 0.717) is 15.6 Å². The van der Waals surface area contributed by atoms with Gasteiger partial charge in [-0.15, -0.1) is 0 Å². The van der Waals surface area contributed by atoms with Crippen LogP contribution in [-0.4, -0.2) is 17.6 Å². The van der Waals surface area contributed by atoms with Crippen LogP contribution in [0.4, 0.5) is 5.69 Å². The Morgan fingerprint density at radius 2 is 2.07 bits per heavy atom. The highest BCUT2D eigenvalue weighted by molar-refractivity contribution is 9.10. The van der Waals surface area contributed by atoms with Gasteiger partial charge in [0.2, 0.25) is 11.8 Å². The predicted molar refractivity (Wildman–Crippen MR) is 120 cm³/mol. The van der Waals surface area contributed by atoms with Gasteiger partial charge in [0.05, 0.1) is 22.4 Å². The van der Waals surface area contributed by atoms with Gasteiger partial charge in [-0.25, -0.2) is 0 Å². The summed E-state index contributed by atoms with van der Waals surface area (Å²) in [7, 11) is 0. The molecule has 2 N–H and O–H groups in total. The van der Waals surface area contributed by atoms with E-state index in [2.05, 4.69) is 32.6 Å². The Bertz CT molecular complexity index is 1030. The molecular formula is C21H17BrClN3O2S. The average molecular weight is 491 g/mol. The summed E-state index contributed by atoms with van der Waals surface area (Å²) in [6, 6.07) is 14.9. The number of nitrogens with one attached hydrogen (secondary N) is 2. The van der Waals surface area contributed by atoms with Gasteiger partial charge in [0.1, 0.15) is 0 Å². The molecule has 0 bridgehead atoms. The molecule has 148 valence electrons. The Kier molecular flexibility index (Phi) is 7.01. The second-order valence-corrected chi connectivity index (χ2v) is 8.84. The first-order valence-corrected chi connectivity index (χ1v) is 10.9. The first kappa shape index (κ1) is 21.4. The Balaban J connectivity index is 1.75. The molecule has 0 aromatic heterocycles. The molecule has 1 aliphatic heterocycles. The number of halogens is 2. The number of amides is 2. The van der Waals surface area contributed by atoms with Crippen molar-refractivity contribution < 1.29 is 9.59 Å².